The Labute approximate surface area is 126 Å². The first-order valence-electron chi connectivity index (χ1n) is 8.03. The van der Waals surface area contributed by atoms with Gasteiger partial charge in [-0.15, -0.1) is 0 Å². The standard InChI is InChI=1S/C17H24N2O2/c20-17-14-21-13-15-7-3-4-8-16(15)19(17)12-11-18-9-5-1-2-6-10-18/h3-4,7-8H,1-2,5-6,9-14H2. The third-order valence-electron chi connectivity index (χ3n) is 4.41. The van der Waals surface area contributed by atoms with Gasteiger partial charge < -0.3 is 14.5 Å². The van der Waals surface area contributed by atoms with E-state index in [0.29, 0.717) is 6.61 Å². The first kappa shape index (κ1) is 14.5. The van der Waals surface area contributed by atoms with Crippen molar-refractivity contribution in [1.82, 2.24) is 4.90 Å². The van der Waals surface area contributed by atoms with Gasteiger partial charge >= 0.3 is 0 Å². The summed E-state index contributed by atoms with van der Waals surface area (Å²) >= 11 is 0. The summed E-state index contributed by atoms with van der Waals surface area (Å²) in [6.45, 7) is 4.77. The maximum atomic E-state index is 12.3. The number of amides is 1. The van der Waals surface area contributed by atoms with Crippen LogP contribution < -0.4 is 4.90 Å². The van der Waals surface area contributed by atoms with Crippen molar-refractivity contribution in [3.8, 4) is 0 Å². The van der Waals surface area contributed by atoms with Crippen LogP contribution in [0.2, 0.25) is 0 Å². The molecule has 0 N–H and O–H groups in total. The van der Waals surface area contributed by atoms with Crippen LogP contribution in [0, 0.1) is 0 Å². The van der Waals surface area contributed by atoms with Crippen molar-refractivity contribution in [2.75, 3.05) is 37.7 Å². The summed E-state index contributed by atoms with van der Waals surface area (Å²) in [5.41, 5.74) is 2.13. The molecule has 1 saturated heterocycles. The van der Waals surface area contributed by atoms with Crippen LogP contribution in [0.25, 0.3) is 0 Å². The predicted molar refractivity (Wildman–Crippen MR) is 83.4 cm³/mol. The molecule has 21 heavy (non-hydrogen) atoms. The molecule has 0 saturated carbocycles. The van der Waals surface area contributed by atoms with Crippen molar-refractivity contribution >= 4 is 11.6 Å². The molecule has 0 aromatic heterocycles. The Hall–Kier alpha value is -1.39. The van der Waals surface area contributed by atoms with E-state index in [4.69, 9.17) is 4.74 Å². The van der Waals surface area contributed by atoms with Gasteiger partial charge in [0.25, 0.3) is 5.91 Å². The summed E-state index contributed by atoms with van der Waals surface area (Å²) in [5.74, 6) is 0.0785. The molecular weight excluding hydrogens is 264 g/mol. The van der Waals surface area contributed by atoms with Crippen LogP contribution in [0.15, 0.2) is 24.3 Å². The Morgan fingerprint density at radius 2 is 1.71 bits per heavy atom. The molecule has 114 valence electrons. The summed E-state index contributed by atoms with van der Waals surface area (Å²) in [6, 6.07) is 8.08. The predicted octanol–water partition coefficient (Wildman–Crippen LogP) is 2.43. The number of para-hydroxylation sites is 1. The Morgan fingerprint density at radius 1 is 0.952 bits per heavy atom. The second kappa shape index (κ2) is 7.05. The second-order valence-corrected chi connectivity index (χ2v) is 5.92. The number of benzene rings is 1. The largest absolute Gasteiger partial charge is 0.367 e. The molecule has 0 atom stereocenters. The molecule has 1 aromatic rings. The van der Waals surface area contributed by atoms with Crippen LogP contribution >= 0.6 is 0 Å². The number of rotatable bonds is 3. The highest BCUT2D eigenvalue weighted by Gasteiger charge is 2.22. The van der Waals surface area contributed by atoms with Crippen molar-refractivity contribution in [2.24, 2.45) is 0 Å². The van der Waals surface area contributed by atoms with Crippen molar-refractivity contribution in [3.63, 3.8) is 0 Å². The molecule has 2 heterocycles. The third-order valence-corrected chi connectivity index (χ3v) is 4.41. The zero-order valence-corrected chi connectivity index (χ0v) is 12.6. The monoisotopic (exact) mass is 288 g/mol. The van der Waals surface area contributed by atoms with Crippen LogP contribution in [-0.4, -0.2) is 43.6 Å². The number of carbonyl (C=O) groups is 1. The molecular formula is C17H24N2O2. The van der Waals surface area contributed by atoms with Gasteiger partial charge in [-0.05, 0) is 32.0 Å². The molecule has 0 aliphatic carbocycles. The molecule has 3 rings (SSSR count). The van der Waals surface area contributed by atoms with E-state index in [1.54, 1.807) is 0 Å². The fraction of sp³-hybridized carbons (Fsp3) is 0.588. The Bertz CT molecular complexity index is 481. The number of ether oxygens (including phenoxy) is 1. The highest BCUT2D eigenvalue weighted by Crippen LogP contribution is 2.24. The van der Waals surface area contributed by atoms with Crippen LogP contribution in [0.5, 0.6) is 0 Å². The highest BCUT2D eigenvalue weighted by atomic mass is 16.5. The first-order chi connectivity index (χ1) is 10.3. The number of fused-ring (bicyclic) bond motifs is 1. The quantitative estimate of drug-likeness (QED) is 0.856. The Morgan fingerprint density at radius 3 is 2.52 bits per heavy atom. The van der Waals surface area contributed by atoms with E-state index in [1.807, 2.05) is 29.2 Å². The summed E-state index contributed by atoms with van der Waals surface area (Å²) in [4.78, 5) is 16.7. The third kappa shape index (κ3) is 3.63. The molecule has 2 aliphatic heterocycles. The number of hydrogen-bond donors (Lipinski definition) is 0. The fourth-order valence-electron chi connectivity index (χ4n) is 3.20. The lowest BCUT2D eigenvalue weighted by molar-refractivity contribution is -0.123. The van der Waals surface area contributed by atoms with Crippen LogP contribution in [0.1, 0.15) is 31.2 Å². The van der Waals surface area contributed by atoms with Gasteiger partial charge in [0.05, 0.1) is 6.61 Å². The lowest BCUT2D eigenvalue weighted by Crippen LogP contribution is -2.40. The topological polar surface area (TPSA) is 32.8 Å². The molecule has 4 nitrogen and oxygen atoms in total. The number of carbonyl (C=O) groups excluding carboxylic acids is 1. The average molecular weight is 288 g/mol. The van der Waals surface area contributed by atoms with Gasteiger partial charge in [0.15, 0.2) is 0 Å². The van der Waals surface area contributed by atoms with E-state index in [2.05, 4.69) is 4.90 Å². The minimum atomic E-state index is 0.0785. The number of nitrogens with zero attached hydrogens (tertiary/aromatic N) is 2. The molecule has 1 amide bonds. The zero-order chi connectivity index (χ0) is 14.5. The van der Waals surface area contributed by atoms with Crippen LogP contribution in [0.4, 0.5) is 5.69 Å². The summed E-state index contributed by atoms with van der Waals surface area (Å²) in [5, 5.41) is 0. The van der Waals surface area contributed by atoms with E-state index in [9.17, 15) is 4.79 Å². The summed E-state index contributed by atoms with van der Waals surface area (Å²) < 4.78 is 5.47. The van der Waals surface area contributed by atoms with Crippen molar-refractivity contribution < 1.29 is 9.53 Å². The first-order valence-corrected chi connectivity index (χ1v) is 8.03. The Balaban J connectivity index is 1.69. The van der Waals surface area contributed by atoms with Crippen molar-refractivity contribution in [2.45, 2.75) is 32.3 Å². The van der Waals surface area contributed by atoms with Gasteiger partial charge in [-0.1, -0.05) is 31.0 Å². The average Bonchev–Trinajstić information content (AvgIpc) is 2.84. The van der Waals surface area contributed by atoms with Gasteiger partial charge in [0, 0.05) is 24.3 Å². The molecule has 0 bridgehead atoms. The zero-order valence-electron chi connectivity index (χ0n) is 12.6. The number of hydrogen-bond acceptors (Lipinski definition) is 3. The van der Waals surface area contributed by atoms with Crippen LogP contribution in [0.3, 0.4) is 0 Å². The van der Waals surface area contributed by atoms with Gasteiger partial charge in [-0.3, -0.25) is 4.79 Å². The van der Waals surface area contributed by atoms with E-state index in [-0.39, 0.29) is 12.5 Å². The van der Waals surface area contributed by atoms with Gasteiger partial charge in [0.2, 0.25) is 0 Å². The van der Waals surface area contributed by atoms with Gasteiger partial charge in [-0.25, -0.2) is 0 Å². The highest BCUT2D eigenvalue weighted by molar-refractivity contribution is 5.95. The minimum absolute atomic E-state index is 0.0785. The second-order valence-electron chi connectivity index (χ2n) is 5.92. The van der Waals surface area contributed by atoms with E-state index >= 15 is 0 Å². The van der Waals surface area contributed by atoms with Crippen molar-refractivity contribution in [3.05, 3.63) is 29.8 Å². The molecule has 2 aliphatic rings. The molecule has 0 unspecified atom stereocenters. The van der Waals surface area contributed by atoms with E-state index in [1.165, 1.54) is 38.8 Å². The molecule has 1 aromatic carbocycles. The number of likely N-dealkylation sites (tertiary alicyclic amines) is 1. The minimum Gasteiger partial charge on any atom is -0.367 e. The molecule has 0 radical (unpaired) electrons. The van der Waals surface area contributed by atoms with Gasteiger partial charge in [0.1, 0.15) is 6.61 Å². The van der Waals surface area contributed by atoms with Gasteiger partial charge in [-0.2, -0.15) is 0 Å². The van der Waals surface area contributed by atoms with E-state index < -0.39 is 0 Å². The molecule has 0 spiro atoms. The van der Waals surface area contributed by atoms with Crippen molar-refractivity contribution in [1.29, 1.82) is 0 Å². The van der Waals surface area contributed by atoms with Crippen LogP contribution in [-0.2, 0) is 16.1 Å². The number of anilines is 1. The maximum Gasteiger partial charge on any atom is 0.253 e. The molecule has 1 fully saturated rings. The summed E-state index contributed by atoms with van der Waals surface area (Å²) in [7, 11) is 0. The fourth-order valence-corrected chi connectivity index (χ4v) is 3.20. The SMILES string of the molecule is O=C1COCc2ccccc2N1CCN1CCCCCC1. The lowest BCUT2D eigenvalue weighted by atomic mass is 10.1. The Kier molecular flexibility index (Phi) is 4.88. The molecule has 4 heteroatoms. The van der Waals surface area contributed by atoms with E-state index in [0.717, 1.165) is 24.3 Å². The smallest absolute Gasteiger partial charge is 0.253 e. The normalized spacial score (nSPS) is 20.8. The summed E-state index contributed by atoms with van der Waals surface area (Å²) in [6.07, 6.45) is 5.26. The lowest BCUT2D eigenvalue weighted by Gasteiger charge is -2.26. The maximum absolute atomic E-state index is 12.3.